The first kappa shape index (κ1) is 25.7. The maximum Gasteiger partial charge on any atom is 0.270 e. The highest BCUT2D eigenvalue weighted by Crippen LogP contribution is 2.35. The number of benzene rings is 2. The van der Waals surface area contributed by atoms with Crippen LogP contribution in [-0.4, -0.2) is 28.8 Å². The molecule has 0 saturated heterocycles. The number of hydrogen-bond acceptors (Lipinski definition) is 5. The van der Waals surface area contributed by atoms with E-state index in [0.29, 0.717) is 24.5 Å². The Bertz CT molecular complexity index is 1540. The normalized spacial score (nSPS) is 13.7. The lowest BCUT2D eigenvalue weighted by molar-refractivity contribution is 0.0946. The number of halogens is 1. The van der Waals surface area contributed by atoms with Gasteiger partial charge < -0.3 is 24.3 Å². The molecule has 0 radical (unpaired) electrons. The smallest absolute Gasteiger partial charge is 0.270 e. The number of rotatable bonds is 6. The van der Waals surface area contributed by atoms with Crippen LogP contribution in [0.25, 0.3) is 10.9 Å². The summed E-state index contributed by atoms with van der Waals surface area (Å²) in [5.74, 6) is 2.07. The Morgan fingerprint density at radius 3 is 2.71 bits per heavy atom. The molecule has 4 aromatic rings. The van der Waals surface area contributed by atoms with Gasteiger partial charge in [-0.15, -0.1) is 19.0 Å². The van der Waals surface area contributed by atoms with E-state index in [1.54, 1.807) is 0 Å². The molecule has 0 atom stereocenters. The highest BCUT2D eigenvalue weighted by atomic mass is 35.5. The maximum absolute atomic E-state index is 13.4. The zero-order chi connectivity index (χ0) is 25.5. The van der Waals surface area contributed by atoms with Crippen LogP contribution in [-0.2, 0) is 26.1 Å². The summed E-state index contributed by atoms with van der Waals surface area (Å²) in [6.07, 6.45) is 2.85. The first-order valence-corrected chi connectivity index (χ1v) is 12.6. The van der Waals surface area contributed by atoms with Crippen molar-refractivity contribution < 1.29 is 14.3 Å². The third-order valence-electron chi connectivity index (χ3n) is 7.46. The first-order chi connectivity index (χ1) is 18.0. The number of carbonyl (C=O) groups excluding carboxylic acids is 1. The van der Waals surface area contributed by atoms with Gasteiger partial charge in [-0.3, -0.25) is 4.79 Å². The van der Waals surface area contributed by atoms with Crippen LogP contribution in [0, 0.1) is 13.8 Å². The fourth-order valence-electron chi connectivity index (χ4n) is 5.34. The Kier molecular flexibility index (Phi) is 7.04. The van der Waals surface area contributed by atoms with E-state index in [9.17, 15) is 4.79 Å². The minimum atomic E-state index is -0.202. The van der Waals surface area contributed by atoms with E-state index < -0.39 is 0 Å². The topological polar surface area (TPSA) is 68.6 Å². The fraction of sp³-hybridized carbons (Fsp3) is 0.267. The molecule has 1 amide bonds. The summed E-state index contributed by atoms with van der Waals surface area (Å²) in [6, 6.07) is 16.2. The summed E-state index contributed by atoms with van der Waals surface area (Å²) in [6.45, 7) is 11.1. The van der Waals surface area contributed by atoms with Crippen molar-refractivity contribution in [2.24, 2.45) is 0 Å². The zero-order valence-electron chi connectivity index (χ0n) is 21.6. The molecule has 2 aliphatic heterocycles. The van der Waals surface area contributed by atoms with Crippen molar-refractivity contribution >= 4 is 35.0 Å². The van der Waals surface area contributed by atoms with E-state index in [2.05, 4.69) is 59.5 Å². The number of aryl methyl sites for hydroxylation is 1. The molecule has 0 saturated carbocycles. The molecule has 2 aliphatic rings. The van der Waals surface area contributed by atoms with Gasteiger partial charge >= 0.3 is 0 Å². The van der Waals surface area contributed by atoms with Crippen molar-refractivity contribution in [2.45, 2.75) is 39.9 Å². The average molecular weight is 531 g/mol. The van der Waals surface area contributed by atoms with Crippen molar-refractivity contribution in [1.29, 1.82) is 0 Å². The lowest BCUT2D eigenvalue weighted by Crippen LogP contribution is -2.32. The number of amides is 1. The molecule has 0 fully saturated rings. The van der Waals surface area contributed by atoms with E-state index in [-0.39, 0.29) is 25.1 Å². The van der Waals surface area contributed by atoms with Crippen LogP contribution in [0.2, 0.25) is 0 Å². The molecule has 1 N–H and O–H groups in total. The summed E-state index contributed by atoms with van der Waals surface area (Å²) in [4.78, 5) is 20.7. The van der Waals surface area contributed by atoms with Crippen molar-refractivity contribution in [3.05, 3.63) is 94.8 Å². The second-order valence-corrected chi connectivity index (χ2v) is 9.65. The summed E-state index contributed by atoms with van der Waals surface area (Å²) in [5, 5.41) is 4.10. The largest absolute Gasteiger partial charge is 0.454 e. The highest BCUT2D eigenvalue weighted by molar-refractivity contribution is 6.01. The first-order valence-electron chi connectivity index (χ1n) is 12.6. The van der Waals surface area contributed by atoms with Gasteiger partial charge in [0.1, 0.15) is 5.69 Å². The monoisotopic (exact) mass is 530 g/mol. The lowest BCUT2D eigenvalue weighted by atomic mass is 10.00. The van der Waals surface area contributed by atoms with E-state index in [4.69, 9.17) is 14.5 Å². The predicted molar refractivity (Wildman–Crippen MR) is 152 cm³/mol. The van der Waals surface area contributed by atoms with Gasteiger partial charge in [0.25, 0.3) is 5.91 Å². The van der Waals surface area contributed by atoms with Gasteiger partial charge in [-0.2, -0.15) is 0 Å². The van der Waals surface area contributed by atoms with E-state index in [0.717, 1.165) is 58.8 Å². The van der Waals surface area contributed by atoms with Crippen LogP contribution in [0.3, 0.4) is 0 Å². The quantitative estimate of drug-likeness (QED) is 0.334. The SMILES string of the molecule is C=CCn1c(C)c(C)c2cc(C(=O)NCc3ccc4c(c3)OCO4)nc(N3CCc4ccccc4C3)c21.Cl. The molecular weight excluding hydrogens is 500 g/mol. The second-order valence-electron chi connectivity index (χ2n) is 9.65. The van der Waals surface area contributed by atoms with Gasteiger partial charge in [0.15, 0.2) is 17.3 Å². The molecule has 2 aromatic heterocycles. The van der Waals surface area contributed by atoms with Crippen LogP contribution in [0.4, 0.5) is 5.82 Å². The molecule has 38 heavy (non-hydrogen) atoms. The van der Waals surface area contributed by atoms with Crippen LogP contribution < -0.4 is 19.7 Å². The molecule has 0 spiro atoms. The maximum atomic E-state index is 13.4. The molecule has 0 unspecified atom stereocenters. The molecule has 0 aliphatic carbocycles. The van der Waals surface area contributed by atoms with Gasteiger partial charge in [-0.1, -0.05) is 36.4 Å². The van der Waals surface area contributed by atoms with Gasteiger partial charge in [-0.25, -0.2) is 4.98 Å². The van der Waals surface area contributed by atoms with E-state index in [1.165, 1.54) is 11.1 Å². The summed E-state index contributed by atoms with van der Waals surface area (Å²) in [7, 11) is 0. The van der Waals surface area contributed by atoms with Crippen LogP contribution in [0.15, 0.2) is 61.2 Å². The Labute approximate surface area is 228 Å². The molecule has 6 rings (SSSR count). The number of carbonyl (C=O) groups is 1. The van der Waals surface area contributed by atoms with E-state index in [1.807, 2.05) is 30.3 Å². The number of fused-ring (bicyclic) bond motifs is 3. The van der Waals surface area contributed by atoms with Crippen molar-refractivity contribution in [1.82, 2.24) is 14.9 Å². The van der Waals surface area contributed by atoms with Crippen molar-refractivity contribution in [3.63, 3.8) is 0 Å². The standard InChI is InChI=1S/C30H30N4O3.ClH/c1-4-12-34-20(3)19(2)24-15-25(30(35)31-16-21-9-10-26-27(14-21)37-18-36-26)32-29(28(24)34)33-13-11-22-7-5-6-8-23(22)17-33;/h4-10,14-15H,1,11-13,16-18H2,2-3H3,(H,31,35);1H. The molecule has 8 heteroatoms. The molecule has 196 valence electrons. The predicted octanol–water partition coefficient (Wildman–Crippen LogP) is 5.48. The summed E-state index contributed by atoms with van der Waals surface area (Å²) >= 11 is 0. The second kappa shape index (κ2) is 10.4. The Morgan fingerprint density at radius 1 is 1.11 bits per heavy atom. The third-order valence-corrected chi connectivity index (χ3v) is 7.46. The molecule has 7 nitrogen and oxygen atoms in total. The Morgan fingerprint density at radius 2 is 1.89 bits per heavy atom. The van der Waals surface area contributed by atoms with E-state index >= 15 is 0 Å². The van der Waals surface area contributed by atoms with Gasteiger partial charge in [-0.05, 0) is 60.7 Å². The van der Waals surface area contributed by atoms with Gasteiger partial charge in [0.2, 0.25) is 6.79 Å². The number of nitrogens with zero attached hydrogens (tertiary/aromatic N) is 3. The Hall–Kier alpha value is -3.97. The van der Waals surface area contributed by atoms with Crippen molar-refractivity contribution in [2.75, 3.05) is 18.2 Å². The number of ether oxygens (including phenoxy) is 2. The molecule has 4 heterocycles. The van der Waals surface area contributed by atoms with Gasteiger partial charge in [0, 0.05) is 37.3 Å². The minimum Gasteiger partial charge on any atom is -0.454 e. The van der Waals surface area contributed by atoms with Crippen LogP contribution in [0.5, 0.6) is 11.5 Å². The fourth-order valence-corrected chi connectivity index (χ4v) is 5.34. The number of pyridine rings is 1. The van der Waals surface area contributed by atoms with Gasteiger partial charge in [0.05, 0.1) is 5.52 Å². The number of allylic oxidation sites excluding steroid dienone is 1. The van der Waals surface area contributed by atoms with Crippen LogP contribution >= 0.6 is 12.4 Å². The summed E-state index contributed by atoms with van der Waals surface area (Å²) < 4.78 is 13.1. The van der Waals surface area contributed by atoms with Crippen molar-refractivity contribution in [3.8, 4) is 11.5 Å². The summed E-state index contributed by atoms with van der Waals surface area (Å²) in [5.41, 5.74) is 7.41. The number of anilines is 1. The lowest BCUT2D eigenvalue weighted by Gasteiger charge is -2.31. The third kappa shape index (κ3) is 4.47. The van der Waals surface area contributed by atoms with Crippen LogP contribution in [0.1, 0.15) is 38.4 Å². The number of aromatic nitrogens is 2. The Balaban J connectivity index is 0.00000294. The number of nitrogens with one attached hydrogen (secondary N) is 1. The minimum absolute atomic E-state index is 0. The molecule has 0 bridgehead atoms. The average Bonchev–Trinajstić information content (AvgIpc) is 3.49. The number of hydrogen-bond donors (Lipinski definition) is 1. The molecule has 2 aromatic carbocycles. The zero-order valence-corrected chi connectivity index (χ0v) is 22.4. The highest BCUT2D eigenvalue weighted by Gasteiger charge is 2.25. The molecular formula is C30H31ClN4O3.